The van der Waals surface area contributed by atoms with Crippen molar-refractivity contribution in [2.45, 2.75) is 20.4 Å². The van der Waals surface area contributed by atoms with Gasteiger partial charge in [-0.05, 0) is 18.1 Å². The molecule has 0 aliphatic rings. The number of amides is 2. The Labute approximate surface area is 101 Å². The molecule has 0 fully saturated rings. The summed E-state index contributed by atoms with van der Waals surface area (Å²) in [5.74, 6) is -1.33. The average molecular weight is 235 g/mol. The normalized spacial score (nSPS) is 10.3. The van der Waals surface area contributed by atoms with Gasteiger partial charge in [-0.25, -0.2) is 0 Å². The van der Waals surface area contributed by atoms with E-state index in [4.69, 9.17) is 5.73 Å². The first-order chi connectivity index (χ1) is 8.00. The fourth-order valence-electron chi connectivity index (χ4n) is 1.50. The molecule has 17 heavy (non-hydrogen) atoms. The fraction of sp³-hybridized carbons (Fsp3) is 0.417. The molecule has 0 saturated carbocycles. The van der Waals surface area contributed by atoms with Gasteiger partial charge in [0.2, 0.25) is 0 Å². The van der Waals surface area contributed by atoms with Gasteiger partial charge in [0.15, 0.2) is 0 Å². The molecule has 5 heteroatoms. The highest BCUT2D eigenvalue weighted by molar-refractivity contribution is 6.34. The van der Waals surface area contributed by atoms with E-state index in [1.807, 2.05) is 26.0 Å². The topological polar surface area (TPSA) is 76.3 Å². The first-order valence-corrected chi connectivity index (χ1v) is 5.49. The third-order valence-corrected chi connectivity index (χ3v) is 2.16. The lowest BCUT2D eigenvalue weighted by atomic mass is 10.2. The molecule has 1 aromatic rings. The second kappa shape index (κ2) is 5.98. The molecular weight excluding hydrogens is 218 g/mol. The molecule has 2 N–H and O–H groups in total. The maximum Gasteiger partial charge on any atom is 0.312 e. The highest BCUT2D eigenvalue weighted by atomic mass is 16.2. The van der Waals surface area contributed by atoms with Crippen LogP contribution in [0.5, 0.6) is 0 Å². The van der Waals surface area contributed by atoms with Crippen molar-refractivity contribution in [2.24, 2.45) is 11.7 Å². The maximum atomic E-state index is 11.6. The molecule has 0 aliphatic heterocycles. The quantitative estimate of drug-likeness (QED) is 0.774. The Morgan fingerprint density at radius 1 is 1.41 bits per heavy atom. The summed E-state index contributed by atoms with van der Waals surface area (Å²) in [5, 5.41) is 0. The summed E-state index contributed by atoms with van der Waals surface area (Å²) in [7, 11) is 0. The smallest absolute Gasteiger partial charge is 0.312 e. The van der Waals surface area contributed by atoms with E-state index in [1.165, 1.54) is 4.90 Å². The molecule has 0 unspecified atom stereocenters. The zero-order valence-electron chi connectivity index (χ0n) is 10.1. The number of aromatic nitrogens is 1. The van der Waals surface area contributed by atoms with Crippen molar-refractivity contribution in [3.05, 3.63) is 30.1 Å². The summed E-state index contributed by atoms with van der Waals surface area (Å²) in [4.78, 5) is 28.1. The molecule has 5 nitrogen and oxygen atoms in total. The van der Waals surface area contributed by atoms with Crippen molar-refractivity contribution in [1.29, 1.82) is 0 Å². The van der Waals surface area contributed by atoms with Crippen LogP contribution in [0, 0.1) is 5.92 Å². The van der Waals surface area contributed by atoms with Gasteiger partial charge in [0.05, 0.1) is 12.2 Å². The van der Waals surface area contributed by atoms with Gasteiger partial charge in [0.25, 0.3) is 0 Å². The lowest BCUT2D eigenvalue weighted by molar-refractivity contribution is -0.145. The van der Waals surface area contributed by atoms with E-state index in [9.17, 15) is 9.59 Å². The Balaban J connectivity index is 2.77. The third-order valence-electron chi connectivity index (χ3n) is 2.16. The van der Waals surface area contributed by atoms with Gasteiger partial charge in [-0.3, -0.25) is 14.6 Å². The van der Waals surface area contributed by atoms with Gasteiger partial charge in [0, 0.05) is 12.7 Å². The van der Waals surface area contributed by atoms with Crippen LogP contribution in [-0.4, -0.2) is 28.2 Å². The molecule has 0 aliphatic carbocycles. The van der Waals surface area contributed by atoms with Gasteiger partial charge >= 0.3 is 11.8 Å². The Kier molecular flexibility index (Phi) is 4.63. The van der Waals surface area contributed by atoms with Gasteiger partial charge in [-0.2, -0.15) is 0 Å². The number of carbonyl (C=O) groups excluding carboxylic acids is 2. The number of nitrogens with two attached hydrogens (primary N) is 1. The van der Waals surface area contributed by atoms with E-state index in [0.29, 0.717) is 13.1 Å². The minimum Gasteiger partial charge on any atom is -0.361 e. The van der Waals surface area contributed by atoms with Gasteiger partial charge in [-0.15, -0.1) is 0 Å². The zero-order valence-corrected chi connectivity index (χ0v) is 10.1. The number of primary amides is 1. The highest BCUT2D eigenvalue weighted by Crippen LogP contribution is 2.05. The van der Waals surface area contributed by atoms with Crippen molar-refractivity contribution < 1.29 is 9.59 Å². The Bertz CT molecular complexity index is 390. The highest BCUT2D eigenvalue weighted by Gasteiger charge is 2.20. The summed E-state index contributed by atoms with van der Waals surface area (Å²) in [6.45, 7) is 4.73. The minimum atomic E-state index is -0.929. The van der Waals surface area contributed by atoms with Crippen molar-refractivity contribution >= 4 is 11.8 Å². The predicted molar refractivity (Wildman–Crippen MR) is 63.7 cm³/mol. The number of nitrogens with zero attached hydrogens (tertiary/aromatic N) is 2. The van der Waals surface area contributed by atoms with E-state index in [2.05, 4.69) is 4.98 Å². The van der Waals surface area contributed by atoms with Crippen LogP contribution in [-0.2, 0) is 16.1 Å². The van der Waals surface area contributed by atoms with Crippen molar-refractivity contribution in [3.63, 3.8) is 0 Å². The third kappa shape index (κ3) is 4.22. The average Bonchev–Trinajstić information content (AvgIpc) is 2.28. The molecule has 0 aromatic carbocycles. The first kappa shape index (κ1) is 13.2. The molecule has 92 valence electrons. The molecule has 0 saturated heterocycles. The lowest BCUT2D eigenvalue weighted by Crippen LogP contribution is -2.41. The summed E-state index contributed by atoms with van der Waals surface area (Å²) >= 11 is 0. The maximum absolute atomic E-state index is 11.6. The van der Waals surface area contributed by atoms with Gasteiger partial charge < -0.3 is 10.6 Å². The Morgan fingerprint density at radius 2 is 2.12 bits per heavy atom. The molecule has 1 aromatic heterocycles. The van der Waals surface area contributed by atoms with E-state index < -0.39 is 11.8 Å². The number of carbonyl (C=O) groups is 2. The van der Waals surface area contributed by atoms with Crippen molar-refractivity contribution in [2.75, 3.05) is 6.54 Å². The summed E-state index contributed by atoms with van der Waals surface area (Å²) in [5.41, 5.74) is 5.75. The van der Waals surface area contributed by atoms with Crippen LogP contribution in [0.3, 0.4) is 0 Å². The van der Waals surface area contributed by atoms with Crippen LogP contribution >= 0.6 is 0 Å². The fourth-order valence-corrected chi connectivity index (χ4v) is 1.50. The Hall–Kier alpha value is -1.91. The van der Waals surface area contributed by atoms with Gasteiger partial charge in [-0.1, -0.05) is 19.9 Å². The summed E-state index contributed by atoms with van der Waals surface area (Å²) < 4.78 is 0. The van der Waals surface area contributed by atoms with Crippen LogP contribution in [0.25, 0.3) is 0 Å². The van der Waals surface area contributed by atoms with Crippen LogP contribution in [0.1, 0.15) is 19.5 Å². The lowest BCUT2D eigenvalue weighted by Gasteiger charge is -2.22. The number of hydrogen-bond acceptors (Lipinski definition) is 3. The predicted octanol–water partition coefficient (Wildman–Crippen LogP) is 0.551. The monoisotopic (exact) mass is 235 g/mol. The second-order valence-corrected chi connectivity index (χ2v) is 4.26. The largest absolute Gasteiger partial charge is 0.361 e. The Morgan fingerprint density at radius 3 is 2.59 bits per heavy atom. The van der Waals surface area contributed by atoms with Crippen molar-refractivity contribution in [1.82, 2.24) is 9.88 Å². The minimum absolute atomic E-state index is 0.266. The van der Waals surface area contributed by atoms with Crippen LogP contribution in [0.15, 0.2) is 24.4 Å². The number of pyridine rings is 1. The number of hydrogen-bond donors (Lipinski definition) is 1. The molecule has 1 heterocycles. The molecule has 0 spiro atoms. The standard InChI is InChI=1S/C12H17N3O2/c1-9(2)7-15(12(17)11(13)16)8-10-5-3-4-6-14-10/h3-6,9H,7-8H2,1-2H3,(H2,13,16). The molecular formula is C12H17N3O2. The molecule has 1 rings (SSSR count). The first-order valence-electron chi connectivity index (χ1n) is 5.49. The SMILES string of the molecule is CC(C)CN(Cc1ccccn1)C(=O)C(N)=O. The van der Waals surface area contributed by atoms with Gasteiger partial charge in [0.1, 0.15) is 0 Å². The second-order valence-electron chi connectivity index (χ2n) is 4.26. The van der Waals surface area contributed by atoms with Crippen LogP contribution < -0.4 is 5.73 Å². The molecule has 0 atom stereocenters. The zero-order chi connectivity index (χ0) is 12.8. The molecule has 0 bridgehead atoms. The van der Waals surface area contributed by atoms with E-state index in [0.717, 1.165) is 5.69 Å². The molecule has 0 radical (unpaired) electrons. The summed E-state index contributed by atoms with van der Waals surface area (Å²) in [6, 6.07) is 5.44. The van der Waals surface area contributed by atoms with Crippen molar-refractivity contribution in [3.8, 4) is 0 Å². The van der Waals surface area contributed by atoms with Crippen LogP contribution in [0.4, 0.5) is 0 Å². The van der Waals surface area contributed by atoms with E-state index >= 15 is 0 Å². The van der Waals surface area contributed by atoms with E-state index in [1.54, 1.807) is 12.3 Å². The van der Waals surface area contributed by atoms with Crippen LogP contribution in [0.2, 0.25) is 0 Å². The summed E-state index contributed by atoms with van der Waals surface area (Å²) in [6.07, 6.45) is 1.65. The molecule has 2 amide bonds. The van der Waals surface area contributed by atoms with E-state index in [-0.39, 0.29) is 5.92 Å². The number of rotatable bonds is 4.